The molecular weight excluding hydrogens is 209 g/mol. The molecule has 0 amide bonds. The lowest BCUT2D eigenvalue weighted by atomic mass is 10.3. The fraction of sp³-hybridized carbons (Fsp3) is 0.111. The largest absolute Gasteiger partial charge is 0.456 e. The van der Waals surface area contributed by atoms with Gasteiger partial charge in [0.15, 0.2) is 0 Å². The highest BCUT2D eigenvalue weighted by molar-refractivity contribution is 5.99. The summed E-state index contributed by atoms with van der Waals surface area (Å²) in [5.74, 6) is -1.89. The van der Waals surface area contributed by atoms with Crippen LogP contribution in [-0.2, 0) is 0 Å². The van der Waals surface area contributed by atoms with Crippen LogP contribution in [0, 0.1) is 0 Å². The SMILES string of the molecule is O=C(c1cnc2ccccn12)C(F)(F)F. The van der Waals surface area contributed by atoms with Gasteiger partial charge in [0.2, 0.25) is 0 Å². The summed E-state index contributed by atoms with van der Waals surface area (Å²) in [7, 11) is 0. The van der Waals surface area contributed by atoms with E-state index in [0.717, 1.165) is 10.6 Å². The highest BCUT2D eigenvalue weighted by atomic mass is 19.4. The zero-order chi connectivity index (χ0) is 11.1. The Hall–Kier alpha value is -1.85. The van der Waals surface area contributed by atoms with Gasteiger partial charge in [0.05, 0.1) is 6.20 Å². The third-order valence-corrected chi connectivity index (χ3v) is 1.91. The topological polar surface area (TPSA) is 34.4 Å². The van der Waals surface area contributed by atoms with Crippen molar-refractivity contribution in [3.63, 3.8) is 0 Å². The number of alkyl halides is 3. The molecule has 0 atom stereocenters. The summed E-state index contributed by atoms with van der Waals surface area (Å²) in [5.41, 5.74) is -0.164. The lowest BCUT2D eigenvalue weighted by Gasteiger charge is -2.03. The van der Waals surface area contributed by atoms with Gasteiger partial charge in [-0.15, -0.1) is 0 Å². The molecule has 0 aromatic carbocycles. The number of imidazole rings is 1. The Morgan fingerprint density at radius 3 is 2.73 bits per heavy atom. The van der Waals surface area contributed by atoms with Crippen LogP contribution in [-0.4, -0.2) is 21.3 Å². The number of hydrogen-bond acceptors (Lipinski definition) is 2. The minimum Gasteiger partial charge on any atom is -0.297 e. The van der Waals surface area contributed by atoms with E-state index in [9.17, 15) is 18.0 Å². The second kappa shape index (κ2) is 3.08. The van der Waals surface area contributed by atoms with E-state index in [-0.39, 0.29) is 0 Å². The second-order valence-electron chi connectivity index (χ2n) is 2.90. The Bertz CT molecular complexity index is 515. The molecule has 0 aliphatic rings. The number of carbonyl (C=O) groups is 1. The van der Waals surface area contributed by atoms with Crippen LogP contribution in [0.25, 0.3) is 5.65 Å². The molecule has 0 spiro atoms. The molecule has 0 saturated heterocycles. The smallest absolute Gasteiger partial charge is 0.297 e. The van der Waals surface area contributed by atoms with Crippen molar-refractivity contribution < 1.29 is 18.0 Å². The first-order valence-electron chi connectivity index (χ1n) is 4.04. The predicted molar refractivity (Wildman–Crippen MR) is 45.6 cm³/mol. The summed E-state index contributed by atoms with van der Waals surface area (Å²) >= 11 is 0. The molecule has 2 heterocycles. The Balaban J connectivity index is 2.58. The second-order valence-corrected chi connectivity index (χ2v) is 2.90. The molecule has 15 heavy (non-hydrogen) atoms. The number of carbonyl (C=O) groups excluding carboxylic acids is 1. The van der Waals surface area contributed by atoms with Crippen molar-refractivity contribution in [2.75, 3.05) is 0 Å². The van der Waals surface area contributed by atoms with Crippen molar-refractivity contribution in [2.45, 2.75) is 6.18 Å². The number of pyridine rings is 1. The molecule has 6 heteroatoms. The minimum atomic E-state index is -4.87. The summed E-state index contributed by atoms with van der Waals surface area (Å²) in [6.07, 6.45) is -2.59. The number of fused-ring (bicyclic) bond motifs is 1. The van der Waals surface area contributed by atoms with E-state index in [1.54, 1.807) is 6.07 Å². The Labute approximate surface area is 82.2 Å². The first-order chi connectivity index (χ1) is 7.00. The van der Waals surface area contributed by atoms with E-state index in [1.165, 1.54) is 18.3 Å². The molecular formula is C9H5F3N2O. The standard InChI is InChI=1S/C9H5F3N2O/c10-9(11,12)8(15)6-5-13-7-3-1-2-4-14(6)7/h1-5H. The first kappa shape index (κ1) is 9.70. The minimum absolute atomic E-state index is 0.310. The van der Waals surface area contributed by atoms with Crippen LogP contribution in [0.1, 0.15) is 10.5 Å². The van der Waals surface area contributed by atoms with Crippen molar-refractivity contribution in [3.05, 3.63) is 36.3 Å². The highest BCUT2D eigenvalue weighted by Gasteiger charge is 2.40. The number of hydrogen-bond donors (Lipinski definition) is 0. The van der Waals surface area contributed by atoms with E-state index >= 15 is 0 Å². The molecule has 2 rings (SSSR count). The van der Waals surface area contributed by atoms with Gasteiger partial charge in [-0.2, -0.15) is 13.2 Å². The maximum atomic E-state index is 12.1. The van der Waals surface area contributed by atoms with Gasteiger partial charge >= 0.3 is 6.18 Å². The summed E-state index contributed by atoms with van der Waals surface area (Å²) in [6, 6.07) is 4.68. The number of aromatic nitrogens is 2. The number of nitrogens with zero attached hydrogens (tertiary/aromatic N) is 2. The number of halogens is 3. The molecule has 0 unspecified atom stereocenters. The molecule has 0 fully saturated rings. The molecule has 2 aromatic heterocycles. The molecule has 0 saturated carbocycles. The Morgan fingerprint density at radius 2 is 2.07 bits per heavy atom. The van der Waals surface area contributed by atoms with E-state index in [0.29, 0.717) is 5.65 Å². The predicted octanol–water partition coefficient (Wildman–Crippen LogP) is 2.08. The third kappa shape index (κ3) is 1.58. The Morgan fingerprint density at radius 1 is 1.33 bits per heavy atom. The van der Waals surface area contributed by atoms with E-state index in [4.69, 9.17) is 0 Å². The van der Waals surface area contributed by atoms with Gasteiger partial charge < -0.3 is 0 Å². The van der Waals surface area contributed by atoms with E-state index in [1.807, 2.05) is 0 Å². The van der Waals surface area contributed by atoms with Gasteiger partial charge in [-0.25, -0.2) is 4.98 Å². The lowest BCUT2D eigenvalue weighted by molar-refractivity contribution is -0.0888. The maximum Gasteiger partial charge on any atom is 0.456 e. The van der Waals surface area contributed by atoms with Gasteiger partial charge in [-0.3, -0.25) is 9.20 Å². The van der Waals surface area contributed by atoms with Gasteiger partial charge in [0.25, 0.3) is 5.78 Å². The summed E-state index contributed by atoms with van der Waals surface area (Å²) in [5, 5.41) is 0. The van der Waals surface area contributed by atoms with Crippen LogP contribution >= 0.6 is 0 Å². The van der Waals surface area contributed by atoms with E-state index < -0.39 is 17.7 Å². The Kier molecular flexibility index (Phi) is 1.99. The molecule has 2 aromatic rings. The van der Waals surface area contributed by atoms with Crippen molar-refractivity contribution >= 4 is 11.4 Å². The van der Waals surface area contributed by atoms with Crippen molar-refractivity contribution in [3.8, 4) is 0 Å². The van der Waals surface area contributed by atoms with Crippen molar-refractivity contribution in [1.29, 1.82) is 0 Å². The lowest BCUT2D eigenvalue weighted by Crippen LogP contribution is -2.24. The van der Waals surface area contributed by atoms with Gasteiger partial charge in [-0.1, -0.05) is 6.07 Å². The average molecular weight is 214 g/mol. The monoisotopic (exact) mass is 214 g/mol. The summed E-state index contributed by atoms with van der Waals surface area (Å²) in [6.45, 7) is 0. The van der Waals surface area contributed by atoms with Gasteiger partial charge in [0, 0.05) is 6.20 Å². The maximum absolute atomic E-state index is 12.1. The van der Waals surface area contributed by atoms with Crippen LogP contribution in [0.3, 0.4) is 0 Å². The van der Waals surface area contributed by atoms with Crippen molar-refractivity contribution in [2.24, 2.45) is 0 Å². The molecule has 0 radical (unpaired) electrons. The first-order valence-corrected chi connectivity index (χ1v) is 4.04. The van der Waals surface area contributed by atoms with Crippen LogP contribution in [0.5, 0.6) is 0 Å². The normalized spacial score (nSPS) is 11.9. The van der Waals surface area contributed by atoms with Gasteiger partial charge in [0.1, 0.15) is 11.3 Å². The molecule has 78 valence electrons. The molecule has 0 aliphatic carbocycles. The van der Waals surface area contributed by atoms with Crippen LogP contribution in [0.15, 0.2) is 30.6 Å². The quantitative estimate of drug-likeness (QED) is 0.681. The van der Waals surface area contributed by atoms with Crippen LogP contribution < -0.4 is 0 Å². The van der Waals surface area contributed by atoms with Crippen LogP contribution in [0.2, 0.25) is 0 Å². The molecule has 0 N–H and O–H groups in total. The van der Waals surface area contributed by atoms with Crippen LogP contribution in [0.4, 0.5) is 13.2 Å². The molecule has 0 aliphatic heterocycles. The fourth-order valence-corrected chi connectivity index (χ4v) is 1.25. The molecule has 3 nitrogen and oxygen atoms in total. The summed E-state index contributed by atoms with van der Waals surface area (Å²) in [4.78, 5) is 14.7. The summed E-state index contributed by atoms with van der Waals surface area (Å²) < 4.78 is 37.6. The third-order valence-electron chi connectivity index (χ3n) is 1.91. The van der Waals surface area contributed by atoms with E-state index in [2.05, 4.69) is 4.98 Å². The van der Waals surface area contributed by atoms with Gasteiger partial charge in [-0.05, 0) is 12.1 Å². The van der Waals surface area contributed by atoms with Crippen molar-refractivity contribution in [1.82, 2.24) is 9.38 Å². The fourth-order valence-electron chi connectivity index (χ4n) is 1.25. The molecule has 0 bridgehead atoms. The number of rotatable bonds is 1. The average Bonchev–Trinajstić information content (AvgIpc) is 2.58. The zero-order valence-corrected chi connectivity index (χ0v) is 7.32. The number of Topliss-reactive ketones (excluding diaryl/α,β-unsaturated/α-hetero) is 1. The number of ketones is 1. The highest BCUT2D eigenvalue weighted by Crippen LogP contribution is 2.21. The zero-order valence-electron chi connectivity index (χ0n) is 7.32.